The Balaban J connectivity index is 3.35. The lowest BCUT2D eigenvalue weighted by molar-refractivity contribution is -0.143. The lowest BCUT2D eigenvalue weighted by Crippen LogP contribution is -2.45. The van der Waals surface area contributed by atoms with Gasteiger partial charge in [-0.05, 0) is 51.4 Å². The van der Waals surface area contributed by atoms with Crippen LogP contribution in [0.2, 0.25) is 0 Å². The Hall–Kier alpha value is -1.40. The molecule has 0 aliphatic carbocycles. The predicted octanol–water partition coefficient (Wildman–Crippen LogP) is 22.0. The van der Waals surface area contributed by atoms with E-state index in [1.165, 1.54) is 315 Å². The van der Waals surface area contributed by atoms with Crippen LogP contribution in [-0.2, 0) is 14.3 Å². The average molecular weight is 1060 g/mol. The van der Waals surface area contributed by atoms with Crippen molar-refractivity contribution in [3.63, 3.8) is 0 Å². The van der Waals surface area contributed by atoms with Gasteiger partial charge in [0.25, 0.3) is 0 Å². The smallest absolute Gasteiger partial charge is 0.305 e. The summed E-state index contributed by atoms with van der Waals surface area (Å²) in [5.41, 5.74) is 0. The fourth-order valence-corrected chi connectivity index (χ4v) is 11.1. The number of aliphatic hydroxyl groups is 2. The van der Waals surface area contributed by atoms with Crippen molar-refractivity contribution in [1.29, 1.82) is 0 Å². The highest BCUT2D eigenvalue weighted by atomic mass is 16.5. The van der Waals surface area contributed by atoms with Crippen LogP contribution in [0.4, 0.5) is 0 Å². The monoisotopic (exact) mass is 1060 g/mol. The predicted molar refractivity (Wildman–Crippen MR) is 329 cm³/mol. The number of unbranched alkanes of at least 4 members (excludes halogenated alkanes) is 52. The first-order valence-electron chi connectivity index (χ1n) is 34.4. The van der Waals surface area contributed by atoms with E-state index in [0.717, 1.165) is 44.9 Å². The quantitative estimate of drug-likeness (QED) is 0.0320. The molecule has 6 nitrogen and oxygen atoms in total. The van der Waals surface area contributed by atoms with Gasteiger partial charge in [-0.2, -0.15) is 0 Å². The molecule has 0 bridgehead atoms. The molecule has 2 unspecified atom stereocenters. The summed E-state index contributed by atoms with van der Waals surface area (Å²) in [6.07, 6.45) is 79.6. The zero-order chi connectivity index (χ0) is 54.3. The molecule has 75 heavy (non-hydrogen) atoms. The van der Waals surface area contributed by atoms with E-state index in [4.69, 9.17) is 4.74 Å². The molecule has 0 aliphatic heterocycles. The van der Waals surface area contributed by atoms with E-state index in [0.29, 0.717) is 25.9 Å². The number of hydrogen-bond donors (Lipinski definition) is 3. The fourth-order valence-electron chi connectivity index (χ4n) is 11.1. The lowest BCUT2D eigenvalue weighted by atomic mass is 10.0. The average Bonchev–Trinajstić information content (AvgIpc) is 3.41. The SMILES string of the molecule is CCCCCCCCC/C=C\CCCCCCCC(=O)OCCCCCCCCCCCCCCCCCCCCCCCCCCCC(=O)NC(CO)C(O)CCCCCCCCCCCCCCCCCCC. The van der Waals surface area contributed by atoms with Crippen molar-refractivity contribution in [1.82, 2.24) is 5.32 Å². The van der Waals surface area contributed by atoms with E-state index in [1.807, 2.05) is 0 Å². The van der Waals surface area contributed by atoms with Gasteiger partial charge in [-0.3, -0.25) is 9.59 Å². The summed E-state index contributed by atoms with van der Waals surface area (Å²) in [6, 6.07) is -0.540. The molecule has 0 fully saturated rings. The number of allylic oxidation sites excluding steroid dienone is 2. The molecule has 0 heterocycles. The number of aliphatic hydroxyl groups excluding tert-OH is 2. The molecule has 6 heteroatoms. The number of carbonyl (C=O) groups excluding carboxylic acids is 2. The van der Waals surface area contributed by atoms with E-state index in [2.05, 4.69) is 31.3 Å². The van der Waals surface area contributed by atoms with Crippen molar-refractivity contribution in [2.24, 2.45) is 0 Å². The van der Waals surface area contributed by atoms with Gasteiger partial charge in [-0.25, -0.2) is 0 Å². The number of amides is 1. The summed E-state index contributed by atoms with van der Waals surface area (Å²) in [7, 11) is 0. The Morgan fingerprint density at radius 3 is 0.947 bits per heavy atom. The Bertz CT molecular complexity index is 1130. The molecule has 446 valence electrons. The molecule has 0 spiro atoms. The molecular formula is C69H135NO5. The third-order valence-corrected chi connectivity index (χ3v) is 16.3. The van der Waals surface area contributed by atoms with Gasteiger partial charge < -0.3 is 20.3 Å². The van der Waals surface area contributed by atoms with Gasteiger partial charge in [0, 0.05) is 12.8 Å². The van der Waals surface area contributed by atoms with Crippen molar-refractivity contribution >= 4 is 11.9 Å². The summed E-state index contributed by atoms with van der Waals surface area (Å²) in [4.78, 5) is 24.6. The van der Waals surface area contributed by atoms with Crippen molar-refractivity contribution in [3.8, 4) is 0 Å². The number of rotatable bonds is 65. The minimum absolute atomic E-state index is 0.0100. The van der Waals surface area contributed by atoms with E-state index in [1.54, 1.807) is 0 Å². The fraction of sp³-hybridized carbons (Fsp3) is 0.942. The van der Waals surface area contributed by atoms with Gasteiger partial charge in [0.05, 0.1) is 25.4 Å². The minimum atomic E-state index is -0.663. The molecule has 2 atom stereocenters. The zero-order valence-electron chi connectivity index (χ0n) is 51.1. The van der Waals surface area contributed by atoms with Crippen molar-refractivity contribution < 1.29 is 24.5 Å². The highest BCUT2D eigenvalue weighted by Crippen LogP contribution is 2.19. The Morgan fingerprint density at radius 1 is 0.360 bits per heavy atom. The number of esters is 1. The Kier molecular flexibility index (Phi) is 63.9. The normalized spacial score (nSPS) is 12.5. The zero-order valence-corrected chi connectivity index (χ0v) is 51.1. The largest absolute Gasteiger partial charge is 0.466 e. The molecular weight excluding hydrogens is 923 g/mol. The first-order valence-corrected chi connectivity index (χ1v) is 34.4. The van der Waals surface area contributed by atoms with E-state index in [-0.39, 0.29) is 18.5 Å². The second-order valence-electron chi connectivity index (χ2n) is 23.9. The van der Waals surface area contributed by atoms with Crippen LogP contribution >= 0.6 is 0 Å². The van der Waals surface area contributed by atoms with Crippen molar-refractivity contribution in [2.45, 2.75) is 405 Å². The summed E-state index contributed by atoms with van der Waals surface area (Å²) in [6.45, 7) is 4.99. The number of hydrogen-bond acceptors (Lipinski definition) is 5. The van der Waals surface area contributed by atoms with Crippen LogP contribution < -0.4 is 5.32 Å². The van der Waals surface area contributed by atoms with Gasteiger partial charge in [-0.1, -0.05) is 341 Å². The van der Waals surface area contributed by atoms with Crippen molar-refractivity contribution in [3.05, 3.63) is 12.2 Å². The first kappa shape index (κ1) is 73.6. The molecule has 0 radical (unpaired) electrons. The van der Waals surface area contributed by atoms with Gasteiger partial charge in [0.1, 0.15) is 0 Å². The molecule has 3 N–H and O–H groups in total. The van der Waals surface area contributed by atoms with Crippen LogP contribution in [0.1, 0.15) is 393 Å². The third kappa shape index (κ3) is 61.7. The number of nitrogens with one attached hydrogen (secondary N) is 1. The van der Waals surface area contributed by atoms with Crippen LogP contribution in [0, 0.1) is 0 Å². The summed E-state index contributed by atoms with van der Waals surface area (Å²) >= 11 is 0. The summed E-state index contributed by atoms with van der Waals surface area (Å²) in [5, 5.41) is 23.4. The highest BCUT2D eigenvalue weighted by molar-refractivity contribution is 5.76. The van der Waals surface area contributed by atoms with Crippen LogP contribution in [0.15, 0.2) is 12.2 Å². The number of ether oxygens (including phenoxy) is 1. The maximum absolute atomic E-state index is 12.5. The molecule has 0 saturated carbocycles. The topological polar surface area (TPSA) is 95.9 Å². The first-order chi connectivity index (χ1) is 37.0. The van der Waals surface area contributed by atoms with E-state index >= 15 is 0 Å². The second kappa shape index (κ2) is 65.1. The maximum Gasteiger partial charge on any atom is 0.305 e. The van der Waals surface area contributed by atoms with Gasteiger partial charge in [0.2, 0.25) is 5.91 Å². The van der Waals surface area contributed by atoms with Gasteiger partial charge in [-0.15, -0.1) is 0 Å². The molecule has 0 rings (SSSR count). The molecule has 0 aromatic heterocycles. The van der Waals surface area contributed by atoms with Crippen LogP contribution in [0.3, 0.4) is 0 Å². The van der Waals surface area contributed by atoms with Gasteiger partial charge in [0.15, 0.2) is 0 Å². The van der Waals surface area contributed by atoms with Crippen LogP contribution in [-0.4, -0.2) is 47.4 Å². The van der Waals surface area contributed by atoms with Gasteiger partial charge >= 0.3 is 5.97 Å². The second-order valence-corrected chi connectivity index (χ2v) is 23.9. The summed E-state index contributed by atoms with van der Waals surface area (Å²) < 4.78 is 5.49. The van der Waals surface area contributed by atoms with Crippen LogP contribution in [0.25, 0.3) is 0 Å². The van der Waals surface area contributed by atoms with Crippen LogP contribution in [0.5, 0.6) is 0 Å². The molecule has 0 aromatic rings. The molecule has 0 aromatic carbocycles. The Morgan fingerprint density at radius 2 is 0.627 bits per heavy atom. The molecule has 1 amide bonds. The maximum atomic E-state index is 12.5. The molecule has 0 saturated heterocycles. The number of carbonyl (C=O) groups is 2. The standard InChI is InChI=1S/C69H135NO5/c1-3-5-7-9-11-13-15-17-19-30-33-37-41-45-49-53-57-61-67(72)66(65-71)70-68(73)62-58-54-50-46-42-38-34-31-28-26-24-22-21-23-25-27-29-32-36-40-44-48-52-56-60-64-75-69(74)63-59-55-51-47-43-39-35-20-18-16-14-12-10-8-6-4-2/h20,35,66-67,71-72H,3-19,21-34,36-65H2,1-2H3,(H,70,73)/b35-20-. The highest BCUT2D eigenvalue weighted by Gasteiger charge is 2.20. The lowest BCUT2D eigenvalue weighted by Gasteiger charge is -2.22. The minimum Gasteiger partial charge on any atom is -0.466 e. The van der Waals surface area contributed by atoms with E-state index in [9.17, 15) is 19.8 Å². The summed E-state index contributed by atoms with van der Waals surface area (Å²) in [5.74, 6) is -0.0194. The third-order valence-electron chi connectivity index (χ3n) is 16.3. The van der Waals surface area contributed by atoms with Crippen molar-refractivity contribution in [2.75, 3.05) is 13.2 Å². The molecule has 0 aliphatic rings. The Labute approximate surface area is 469 Å². The van der Waals surface area contributed by atoms with E-state index < -0.39 is 12.1 Å².